The molecule has 70 valence electrons. The van der Waals surface area contributed by atoms with Crippen LogP contribution in [-0.2, 0) is 0 Å². The number of rotatable bonds is 0. The molecule has 2 aromatic heterocycles. The Morgan fingerprint density at radius 3 is 2.64 bits per heavy atom. The number of hydrogen-bond acceptors (Lipinski definition) is 2. The lowest BCUT2D eigenvalue weighted by Gasteiger charge is -1.94. The predicted molar refractivity (Wildman–Crippen MR) is 72.6 cm³/mol. The molecular weight excluding hydrogens is 344 g/mol. The zero-order valence-electron chi connectivity index (χ0n) is 6.88. The molecule has 2 heterocycles. The number of thiophene rings is 2. The third kappa shape index (κ3) is 1.21. The first-order valence-corrected chi connectivity index (χ1v) is 7.34. The second-order valence-corrected chi connectivity index (χ2v) is 7.41. The van der Waals surface area contributed by atoms with E-state index in [1.165, 1.54) is 29.1 Å². The van der Waals surface area contributed by atoms with Crippen LogP contribution in [0.2, 0.25) is 0 Å². The van der Waals surface area contributed by atoms with Crippen molar-refractivity contribution < 1.29 is 0 Å². The van der Waals surface area contributed by atoms with E-state index in [0.29, 0.717) is 0 Å². The van der Waals surface area contributed by atoms with Gasteiger partial charge in [0.15, 0.2) is 0 Å². The Labute approximate surface area is 106 Å². The molecule has 0 amide bonds. The van der Waals surface area contributed by atoms with E-state index < -0.39 is 0 Å². The Bertz CT molecular complexity index is 621. The number of fused-ring (bicyclic) bond motifs is 3. The molecule has 0 bridgehead atoms. The highest BCUT2D eigenvalue weighted by molar-refractivity contribution is 9.12. The number of hydrogen-bond donors (Lipinski definition) is 0. The maximum absolute atomic E-state index is 3.62. The van der Waals surface area contributed by atoms with Crippen LogP contribution in [-0.4, -0.2) is 0 Å². The Hall–Kier alpha value is 0.1000. The van der Waals surface area contributed by atoms with Crippen molar-refractivity contribution in [1.82, 2.24) is 0 Å². The van der Waals surface area contributed by atoms with Crippen LogP contribution in [0.1, 0.15) is 0 Å². The van der Waals surface area contributed by atoms with E-state index in [4.69, 9.17) is 0 Å². The molecule has 1 aromatic carbocycles. The van der Waals surface area contributed by atoms with Crippen molar-refractivity contribution in [2.75, 3.05) is 0 Å². The maximum atomic E-state index is 3.62. The van der Waals surface area contributed by atoms with Gasteiger partial charge in [0, 0.05) is 16.2 Å². The third-order valence-electron chi connectivity index (χ3n) is 2.25. The fourth-order valence-corrected chi connectivity index (χ4v) is 5.55. The second-order valence-electron chi connectivity index (χ2n) is 3.01. The van der Waals surface area contributed by atoms with Gasteiger partial charge in [-0.05, 0) is 48.0 Å². The van der Waals surface area contributed by atoms with Crippen molar-refractivity contribution >= 4 is 76.1 Å². The Kier molecular flexibility index (Phi) is 2.20. The minimum atomic E-state index is 1.20. The van der Waals surface area contributed by atoms with Crippen molar-refractivity contribution in [3.05, 3.63) is 30.5 Å². The molecule has 0 aliphatic heterocycles. The van der Waals surface area contributed by atoms with Crippen LogP contribution >= 0.6 is 54.5 Å². The largest absolute Gasteiger partial charge is 0.151 e. The molecule has 14 heavy (non-hydrogen) atoms. The summed E-state index contributed by atoms with van der Waals surface area (Å²) in [5, 5.41) is 9.71. The summed E-state index contributed by atoms with van der Waals surface area (Å²) >= 11 is 10.7. The van der Waals surface area contributed by atoms with Gasteiger partial charge in [0.1, 0.15) is 0 Å². The molecule has 0 atom stereocenters. The summed E-state index contributed by atoms with van der Waals surface area (Å²) in [6.45, 7) is 0. The molecule has 3 rings (SSSR count). The molecule has 0 fully saturated rings. The first kappa shape index (κ1) is 9.33. The standard InChI is InChI=1S/C10H4Br2S2/c11-9-6-2-1-5-3-13-4-7(5)8(6)10(12)14-9/h1-4H. The van der Waals surface area contributed by atoms with Gasteiger partial charge in [-0.15, -0.1) is 11.3 Å². The molecule has 0 saturated carbocycles. The van der Waals surface area contributed by atoms with E-state index >= 15 is 0 Å². The molecule has 0 aliphatic rings. The van der Waals surface area contributed by atoms with Gasteiger partial charge in [-0.25, -0.2) is 0 Å². The summed E-state index contributed by atoms with van der Waals surface area (Å²) in [5.41, 5.74) is 0. The summed E-state index contributed by atoms with van der Waals surface area (Å²) < 4.78 is 2.41. The lowest BCUT2D eigenvalue weighted by molar-refractivity contribution is 1.96. The van der Waals surface area contributed by atoms with Crippen LogP contribution in [0.4, 0.5) is 0 Å². The van der Waals surface area contributed by atoms with Crippen LogP contribution in [0.25, 0.3) is 21.5 Å². The number of halogens is 2. The van der Waals surface area contributed by atoms with Gasteiger partial charge in [-0.3, -0.25) is 0 Å². The summed E-state index contributed by atoms with van der Waals surface area (Å²) in [6.07, 6.45) is 0. The SMILES string of the molecule is Brc1sc(Br)c2c1ccc1cscc12. The summed E-state index contributed by atoms with van der Waals surface area (Å²) in [4.78, 5) is 0. The summed E-state index contributed by atoms with van der Waals surface area (Å²) in [7, 11) is 0. The minimum Gasteiger partial charge on any atom is -0.151 e. The van der Waals surface area contributed by atoms with Gasteiger partial charge < -0.3 is 0 Å². The van der Waals surface area contributed by atoms with Gasteiger partial charge in [-0.1, -0.05) is 12.1 Å². The molecule has 3 aromatic rings. The maximum Gasteiger partial charge on any atom is 0.0795 e. The van der Waals surface area contributed by atoms with Gasteiger partial charge in [0.25, 0.3) is 0 Å². The monoisotopic (exact) mass is 346 g/mol. The van der Waals surface area contributed by atoms with Crippen molar-refractivity contribution in [3.63, 3.8) is 0 Å². The quantitative estimate of drug-likeness (QED) is 0.493. The first-order valence-electron chi connectivity index (χ1n) is 4.00. The average Bonchev–Trinajstić information content (AvgIpc) is 2.71. The highest BCUT2D eigenvalue weighted by Gasteiger charge is 2.10. The van der Waals surface area contributed by atoms with Crippen LogP contribution in [0.3, 0.4) is 0 Å². The van der Waals surface area contributed by atoms with Crippen molar-refractivity contribution in [1.29, 1.82) is 0 Å². The van der Waals surface area contributed by atoms with E-state index in [0.717, 1.165) is 0 Å². The molecule has 0 aliphatic carbocycles. The van der Waals surface area contributed by atoms with Crippen LogP contribution in [0.15, 0.2) is 30.5 Å². The van der Waals surface area contributed by atoms with Crippen LogP contribution < -0.4 is 0 Å². The van der Waals surface area contributed by atoms with Crippen molar-refractivity contribution in [2.24, 2.45) is 0 Å². The molecule has 0 nitrogen and oxygen atoms in total. The smallest absolute Gasteiger partial charge is 0.0795 e. The van der Waals surface area contributed by atoms with Crippen LogP contribution in [0.5, 0.6) is 0 Å². The predicted octanol–water partition coefficient (Wildman–Crippen LogP) is 5.64. The second kappa shape index (κ2) is 3.30. The van der Waals surface area contributed by atoms with E-state index in [1.54, 1.807) is 22.7 Å². The zero-order valence-corrected chi connectivity index (χ0v) is 11.7. The highest BCUT2D eigenvalue weighted by Crippen LogP contribution is 2.43. The van der Waals surface area contributed by atoms with Gasteiger partial charge in [0.05, 0.1) is 7.57 Å². The molecule has 4 heteroatoms. The van der Waals surface area contributed by atoms with Gasteiger partial charge in [0.2, 0.25) is 0 Å². The molecule has 0 saturated heterocycles. The minimum absolute atomic E-state index is 1.20. The zero-order chi connectivity index (χ0) is 9.71. The van der Waals surface area contributed by atoms with Crippen molar-refractivity contribution in [2.45, 2.75) is 0 Å². The van der Waals surface area contributed by atoms with E-state index in [1.807, 2.05) is 0 Å². The third-order valence-corrected chi connectivity index (χ3v) is 5.59. The van der Waals surface area contributed by atoms with Gasteiger partial charge in [-0.2, -0.15) is 11.3 Å². The summed E-state index contributed by atoms with van der Waals surface area (Å²) in [6, 6.07) is 4.35. The molecule has 0 unspecified atom stereocenters. The summed E-state index contributed by atoms with van der Waals surface area (Å²) in [5.74, 6) is 0. The van der Waals surface area contributed by atoms with E-state index in [9.17, 15) is 0 Å². The topological polar surface area (TPSA) is 0 Å². The molecule has 0 radical (unpaired) electrons. The Morgan fingerprint density at radius 2 is 1.79 bits per heavy atom. The first-order chi connectivity index (χ1) is 6.77. The fourth-order valence-electron chi connectivity index (χ4n) is 1.60. The molecule has 0 spiro atoms. The fraction of sp³-hybridized carbons (Fsp3) is 0. The highest BCUT2D eigenvalue weighted by atomic mass is 79.9. The molecular formula is C10H4Br2S2. The average molecular weight is 348 g/mol. The normalized spacial score (nSPS) is 11.6. The van der Waals surface area contributed by atoms with Crippen molar-refractivity contribution in [3.8, 4) is 0 Å². The van der Waals surface area contributed by atoms with Gasteiger partial charge >= 0.3 is 0 Å². The Morgan fingerprint density at radius 1 is 0.929 bits per heavy atom. The van der Waals surface area contributed by atoms with E-state index in [-0.39, 0.29) is 0 Å². The van der Waals surface area contributed by atoms with Crippen LogP contribution in [0, 0.1) is 0 Å². The lowest BCUT2D eigenvalue weighted by atomic mass is 10.1. The molecule has 0 N–H and O–H groups in total. The lowest BCUT2D eigenvalue weighted by Crippen LogP contribution is -1.67. The van der Waals surface area contributed by atoms with E-state index in [2.05, 4.69) is 54.8 Å². The Balaban J connectivity index is 2.68. The number of benzene rings is 1.